The van der Waals surface area contributed by atoms with E-state index in [1.54, 1.807) is 0 Å². The highest BCUT2D eigenvalue weighted by Gasteiger charge is 2.25. The highest BCUT2D eigenvalue weighted by molar-refractivity contribution is 5.78. The lowest BCUT2D eigenvalue weighted by atomic mass is 9.85. The number of carbonyl (C=O) groups is 1. The molecular formula is C12H24N2O. The van der Waals surface area contributed by atoms with E-state index in [2.05, 4.69) is 26.1 Å². The minimum atomic E-state index is 0.167. The Morgan fingerprint density at radius 1 is 1.27 bits per heavy atom. The number of amides is 1. The first-order valence-corrected chi connectivity index (χ1v) is 5.92. The Balaban J connectivity index is 2.29. The summed E-state index contributed by atoms with van der Waals surface area (Å²) in [7, 11) is 0. The van der Waals surface area contributed by atoms with Crippen molar-refractivity contribution in [1.82, 2.24) is 5.32 Å². The zero-order chi connectivity index (χ0) is 11.5. The third kappa shape index (κ3) is 4.65. The van der Waals surface area contributed by atoms with Crippen molar-refractivity contribution in [2.45, 2.75) is 52.5 Å². The van der Waals surface area contributed by atoms with Gasteiger partial charge in [-0.1, -0.05) is 20.8 Å². The maximum Gasteiger partial charge on any atom is 0.223 e. The van der Waals surface area contributed by atoms with Gasteiger partial charge >= 0.3 is 0 Å². The molecule has 1 fully saturated rings. The number of carbonyl (C=O) groups excluding carboxylic acids is 1. The van der Waals surface area contributed by atoms with Crippen LogP contribution in [0.2, 0.25) is 0 Å². The van der Waals surface area contributed by atoms with E-state index in [0.717, 1.165) is 32.2 Å². The maximum atomic E-state index is 11.8. The van der Waals surface area contributed by atoms with Crippen LogP contribution >= 0.6 is 0 Å². The van der Waals surface area contributed by atoms with Crippen LogP contribution in [0.3, 0.4) is 0 Å². The summed E-state index contributed by atoms with van der Waals surface area (Å²) in [4.78, 5) is 11.8. The molecule has 1 aliphatic carbocycles. The van der Waals surface area contributed by atoms with Crippen LogP contribution in [0.15, 0.2) is 0 Å². The molecule has 0 aromatic rings. The largest absolute Gasteiger partial charge is 0.355 e. The Hall–Kier alpha value is -0.570. The second-order valence-corrected chi connectivity index (χ2v) is 5.89. The van der Waals surface area contributed by atoms with E-state index in [9.17, 15) is 4.79 Å². The van der Waals surface area contributed by atoms with Crippen LogP contribution in [-0.4, -0.2) is 18.5 Å². The van der Waals surface area contributed by atoms with E-state index in [1.165, 1.54) is 0 Å². The molecule has 0 saturated heterocycles. The third-order valence-corrected chi connectivity index (χ3v) is 2.94. The fourth-order valence-electron chi connectivity index (χ4n) is 1.88. The summed E-state index contributed by atoms with van der Waals surface area (Å²) in [5, 5.41) is 3.03. The van der Waals surface area contributed by atoms with E-state index in [4.69, 9.17) is 5.73 Å². The molecule has 3 heteroatoms. The van der Waals surface area contributed by atoms with Crippen molar-refractivity contribution in [2.24, 2.45) is 17.1 Å². The number of nitrogens with two attached hydrogens (primary N) is 1. The van der Waals surface area contributed by atoms with Crippen molar-refractivity contribution in [3.05, 3.63) is 0 Å². The molecule has 0 heterocycles. The molecule has 0 atom stereocenters. The normalized spacial score (nSPS) is 27.5. The van der Waals surface area contributed by atoms with Gasteiger partial charge in [0.05, 0.1) is 0 Å². The van der Waals surface area contributed by atoms with Gasteiger partial charge < -0.3 is 11.1 Å². The first kappa shape index (κ1) is 12.5. The van der Waals surface area contributed by atoms with E-state index in [1.807, 2.05) is 0 Å². The molecule has 1 aliphatic rings. The molecule has 0 radical (unpaired) electrons. The lowest BCUT2D eigenvalue weighted by Gasteiger charge is -2.27. The highest BCUT2D eigenvalue weighted by atomic mass is 16.1. The summed E-state index contributed by atoms with van der Waals surface area (Å²) in [6.45, 7) is 7.15. The summed E-state index contributed by atoms with van der Waals surface area (Å²) in [6, 6.07) is 0.316. The molecule has 1 saturated carbocycles. The van der Waals surface area contributed by atoms with Gasteiger partial charge in [-0.3, -0.25) is 4.79 Å². The molecule has 0 aromatic heterocycles. The molecule has 1 amide bonds. The van der Waals surface area contributed by atoms with Gasteiger partial charge in [-0.2, -0.15) is 0 Å². The second-order valence-electron chi connectivity index (χ2n) is 5.89. The molecule has 3 nitrogen and oxygen atoms in total. The standard InChI is InChI=1S/C12H24N2O/c1-12(2,3)8-14-11(15)9-4-6-10(13)7-5-9/h9-10H,4-8,13H2,1-3H3,(H,14,15). The number of nitrogens with one attached hydrogen (secondary N) is 1. The molecule has 0 bridgehead atoms. The predicted molar refractivity (Wildman–Crippen MR) is 62.4 cm³/mol. The van der Waals surface area contributed by atoms with Crippen molar-refractivity contribution in [3.63, 3.8) is 0 Å². The predicted octanol–water partition coefficient (Wildman–Crippen LogP) is 1.67. The molecular weight excluding hydrogens is 188 g/mol. The van der Waals surface area contributed by atoms with Crippen molar-refractivity contribution in [1.29, 1.82) is 0 Å². The highest BCUT2D eigenvalue weighted by Crippen LogP contribution is 2.23. The summed E-state index contributed by atoms with van der Waals surface area (Å²) in [6.07, 6.45) is 3.90. The summed E-state index contributed by atoms with van der Waals surface area (Å²) < 4.78 is 0. The van der Waals surface area contributed by atoms with E-state index in [0.29, 0.717) is 6.04 Å². The van der Waals surface area contributed by atoms with Crippen molar-refractivity contribution >= 4 is 5.91 Å². The summed E-state index contributed by atoms with van der Waals surface area (Å²) in [5.41, 5.74) is 5.98. The lowest BCUT2D eigenvalue weighted by Crippen LogP contribution is -2.39. The molecule has 0 unspecified atom stereocenters. The zero-order valence-electron chi connectivity index (χ0n) is 10.2. The van der Waals surface area contributed by atoms with Crippen molar-refractivity contribution in [3.8, 4) is 0 Å². The van der Waals surface area contributed by atoms with Crippen LogP contribution < -0.4 is 11.1 Å². The van der Waals surface area contributed by atoms with Crippen LogP contribution in [0, 0.1) is 11.3 Å². The van der Waals surface area contributed by atoms with Gasteiger partial charge in [-0.05, 0) is 31.1 Å². The van der Waals surface area contributed by atoms with Gasteiger partial charge in [0.2, 0.25) is 5.91 Å². The number of hydrogen-bond donors (Lipinski definition) is 2. The average molecular weight is 212 g/mol. The Kier molecular flexibility index (Phi) is 4.14. The molecule has 0 spiro atoms. The zero-order valence-corrected chi connectivity index (χ0v) is 10.2. The summed E-state index contributed by atoms with van der Waals surface area (Å²) in [5.74, 6) is 0.420. The fraction of sp³-hybridized carbons (Fsp3) is 0.917. The van der Waals surface area contributed by atoms with Crippen LogP contribution in [0.4, 0.5) is 0 Å². The first-order chi connectivity index (χ1) is 6.88. The van der Waals surface area contributed by atoms with Gasteiger partial charge in [-0.15, -0.1) is 0 Å². The molecule has 88 valence electrons. The maximum absolute atomic E-state index is 11.8. The Bertz CT molecular complexity index is 212. The molecule has 0 aliphatic heterocycles. The molecule has 3 N–H and O–H groups in total. The van der Waals surface area contributed by atoms with Crippen molar-refractivity contribution < 1.29 is 4.79 Å². The minimum Gasteiger partial charge on any atom is -0.355 e. The quantitative estimate of drug-likeness (QED) is 0.731. The first-order valence-electron chi connectivity index (χ1n) is 5.92. The number of rotatable bonds is 2. The molecule has 15 heavy (non-hydrogen) atoms. The Labute approximate surface area is 92.8 Å². The van der Waals surface area contributed by atoms with Gasteiger partial charge in [0.15, 0.2) is 0 Å². The number of hydrogen-bond acceptors (Lipinski definition) is 2. The SMILES string of the molecule is CC(C)(C)CNC(=O)C1CCC(N)CC1. The Morgan fingerprint density at radius 2 is 1.80 bits per heavy atom. The van der Waals surface area contributed by atoms with Gasteiger partial charge in [0, 0.05) is 18.5 Å². The van der Waals surface area contributed by atoms with Crippen LogP contribution in [0.5, 0.6) is 0 Å². The van der Waals surface area contributed by atoms with Crippen LogP contribution in [0.25, 0.3) is 0 Å². The summed E-state index contributed by atoms with van der Waals surface area (Å²) >= 11 is 0. The van der Waals surface area contributed by atoms with E-state index in [-0.39, 0.29) is 17.2 Å². The average Bonchev–Trinajstić information content (AvgIpc) is 2.14. The smallest absolute Gasteiger partial charge is 0.223 e. The molecule has 0 aromatic carbocycles. The lowest BCUT2D eigenvalue weighted by molar-refractivity contribution is -0.126. The minimum absolute atomic E-state index is 0.167. The Morgan fingerprint density at radius 3 is 2.27 bits per heavy atom. The van der Waals surface area contributed by atoms with Crippen LogP contribution in [0.1, 0.15) is 46.5 Å². The van der Waals surface area contributed by atoms with Crippen molar-refractivity contribution in [2.75, 3.05) is 6.54 Å². The topological polar surface area (TPSA) is 55.1 Å². The van der Waals surface area contributed by atoms with E-state index >= 15 is 0 Å². The van der Waals surface area contributed by atoms with Gasteiger partial charge in [0.25, 0.3) is 0 Å². The van der Waals surface area contributed by atoms with E-state index < -0.39 is 0 Å². The third-order valence-electron chi connectivity index (χ3n) is 2.94. The fourth-order valence-corrected chi connectivity index (χ4v) is 1.88. The van der Waals surface area contributed by atoms with Crippen LogP contribution in [-0.2, 0) is 4.79 Å². The van der Waals surface area contributed by atoms with Gasteiger partial charge in [0.1, 0.15) is 0 Å². The second kappa shape index (κ2) is 4.97. The molecule has 1 rings (SSSR count). The van der Waals surface area contributed by atoms with Gasteiger partial charge in [-0.25, -0.2) is 0 Å². The monoisotopic (exact) mass is 212 g/mol.